The van der Waals surface area contributed by atoms with Crippen molar-refractivity contribution in [2.45, 2.75) is 12.6 Å². The Labute approximate surface area is 189 Å². The van der Waals surface area contributed by atoms with E-state index in [1.165, 1.54) is 20.3 Å². The molecular formula is C23H24F3N3O4. The van der Waals surface area contributed by atoms with Crippen LogP contribution >= 0.6 is 0 Å². The quantitative estimate of drug-likeness (QED) is 0.687. The topological polar surface area (TPSA) is 63.6 Å². The fourth-order valence-corrected chi connectivity index (χ4v) is 3.89. The number of ether oxygens (including phenoxy) is 3. The van der Waals surface area contributed by atoms with Crippen molar-refractivity contribution >= 4 is 17.4 Å². The second-order valence-electron chi connectivity index (χ2n) is 7.73. The molecule has 1 fully saturated rings. The summed E-state index contributed by atoms with van der Waals surface area (Å²) in [7, 11) is 3.00. The van der Waals surface area contributed by atoms with Crippen molar-refractivity contribution in [3.05, 3.63) is 47.5 Å². The average molecular weight is 463 g/mol. The van der Waals surface area contributed by atoms with Crippen LogP contribution in [0.4, 0.5) is 18.9 Å². The molecule has 1 saturated heterocycles. The van der Waals surface area contributed by atoms with Gasteiger partial charge in [0.05, 0.1) is 18.2 Å². The molecule has 2 aromatic rings. The smallest absolute Gasteiger partial charge is 0.416 e. The first-order valence-electron chi connectivity index (χ1n) is 10.5. The normalized spacial score (nSPS) is 16.1. The van der Waals surface area contributed by atoms with E-state index in [4.69, 9.17) is 14.2 Å². The number of nitrogens with zero attached hydrogens (tertiary/aromatic N) is 3. The van der Waals surface area contributed by atoms with Crippen LogP contribution in [0.15, 0.2) is 41.4 Å². The molecular weight excluding hydrogens is 439 g/mol. The summed E-state index contributed by atoms with van der Waals surface area (Å²) >= 11 is 0. The number of halogens is 3. The van der Waals surface area contributed by atoms with Crippen molar-refractivity contribution in [2.75, 3.05) is 47.0 Å². The van der Waals surface area contributed by atoms with Crippen LogP contribution < -0.4 is 9.47 Å². The highest BCUT2D eigenvalue weighted by molar-refractivity contribution is 6.04. The first kappa shape index (κ1) is 22.9. The minimum atomic E-state index is -4.50. The van der Waals surface area contributed by atoms with Crippen LogP contribution in [-0.4, -0.2) is 68.5 Å². The minimum Gasteiger partial charge on any atom is -0.497 e. The lowest BCUT2D eigenvalue weighted by Crippen LogP contribution is -2.38. The van der Waals surface area contributed by atoms with Gasteiger partial charge < -0.3 is 24.0 Å². The van der Waals surface area contributed by atoms with Crippen molar-refractivity contribution in [3.63, 3.8) is 0 Å². The van der Waals surface area contributed by atoms with E-state index < -0.39 is 11.7 Å². The lowest BCUT2D eigenvalue weighted by Gasteiger charge is -2.25. The molecule has 0 bridgehead atoms. The number of fused-ring (bicyclic) bond motifs is 2. The van der Waals surface area contributed by atoms with Crippen molar-refractivity contribution in [1.82, 2.24) is 9.80 Å². The maximum atomic E-state index is 13.3. The third-order valence-corrected chi connectivity index (χ3v) is 5.58. The highest BCUT2D eigenvalue weighted by Crippen LogP contribution is 2.42. The van der Waals surface area contributed by atoms with E-state index in [0.717, 1.165) is 12.1 Å². The number of methoxy groups -OCH3 is 2. The number of rotatable bonds is 3. The molecule has 7 nitrogen and oxygen atoms in total. The van der Waals surface area contributed by atoms with E-state index in [1.54, 1.807) is 23.1 Å². The van der Waals surface area contributed by atoms with Gasteiger partial charge in [0.1, 0.15) is 29.6 Å². The first-order valence-corrected chi connectivity index (χ1v) is 10.5. The van der Waals surface area contributed by atoms with Crippen LogP contribution in [0.3, 0.4) is 0 Å². The average Bonchev–Trinajstić information content (AvgIpc) is 3.12. The number of benzene rings is 2. The van der Waals surface area contributed by atoms with Gasteiger partial charge in [-0.05, 0) is 42.8 Å². The summed E-state index contributed by atoms with van der Waals surface area (Å²) in [5.74, 6) is 1.63. The molecule has 2 heterocycles. The molecule has 10 heteroatoms. The van der Waals surface area contributed by atoms with Gasteiger partial charge in [0, 0.05) is 33.3 Å². The summed E-state index contributed by atoms with van der Waals surface area (Å²) in [5, 5.41) is 0. The van der Waals surface area contributed by atoms with E-state index in [9.17, 15) is 18.0 Å². The Morgan fingerprint density at radius 3 is 2.58 bits per heavy atom. The zero-order valence-electron chi connectivity index (χ0n) is 18.3. The van der Waals surface area contributed by atoms with Crippen LogP contribution in [0.25, 0.3) is 0 Å². The van der Waals surface area contributed by atoms with Crippen molar-refractivity contribution in [2.24, 2.45) is 4.99 Å². The van der Waals surface area contributed by atoms with Gasteiger partial charge in [-0.15, -0.1) is 0 Å². The first-order chi connectivity index (χ1) is 15.8. The SMILES string of the molecule is COCC(=O)N1CCCN(C2=Nc3cc(C(F)(F)F)ccc3Oc3ccc(OC)cc32)CC1. The molecule has 1 amide bonds. The molecule has 2 aliphatic rings. The minimum absolute atomic E-state index is 0.00239. The van der Waals surface area contributed by atoms with E-state index >= 15 is 0 Å². The van der Waals surface area contributed by atoms with Gasteiger partial charge in [0.15, 0.2) is 5.75 Å². The summed E-state index contributed by atoms with van der Waals surface area (Å²) in [6.07, 6.45) is -3.83. The van der Waals surface area contributed by atoms with Crippen LogP contribution in [-0.2, 0) is 15.7 Å². The van der Waals surface area contributed by atoms with Gasteiger partial charge in [-0.2, -0.15) is 13.2 Å². The monoisotopic (exact) mass is 463 g/mol. The predicted octanol–water partition coefficient (Wildman–Crippen LogP) is 4.08. The van der Waals surface area contributed by atoms with Gasteiger partial charge in [-0.3, -0.25) is 4.79 Å². The molecule has 0 unspecified atom stereocenters. The van der Waals surface area contributed by atoms with E-state index in [1.807, 2.05) is 4.90 Å². The van der Waals surface area contributed by atoms with Crippen molar-refractivity contribution < 1.29 is 32.2 Å². The molecule has 33 heavy (non-hydrogen) atoms. The number of amides is 1. The van der Waals surface area contributed by atoms with Gasteiger partial charge in [0.25, 0.3) is 0 Å². The Kier molecular flexibility index (Phi) is 6.46. The number of aliphatic imine (C=N–C) groups is 1. The van der Waals surface area contributed by atoms with Crippen molar-refractivity contribution in [3.8, 4) is 17.2 Å². The maximum Gasteiger partial charge on any atom is 0.416 e. The fraction of sp³-hybridized carbons (Fsp3) is 0.391. The lowest BCUT2D eigenvalue weighted by atomic mass is 10.1. The van der Waals surface area contributed by atoms with Crippen LogP contribution in [0.1, 0.15) is 17.5 Å². The molecule has 0 aliphatic carbocycles. The van der Waals surface area contributed by atoms with Gasteiger partial charge in [0.2, 0.25) is 5.91 Å². The summed E-state index contributed by atoms with van der Waals surface area (Å²) in [4.78, 5) is 20.6. The van der Waals surface area contributed by atoms with Crippen LogP contribution in [0, 0.1) is 0 Å². The number of hydrogen-bond donors (Lipinski definition) is 0. The molecule has 0 radical (unpaired) electrons. The molecule has 0 spiro atoms. The Morgan fingerprint density at radius 1 is 1.06 bits per heavy atom. The molecule has 0 saturated carbocycles. The highest BCUT2D eigenvalue weighted by atomic mass is 19.4. The number of alkyl halides is 3. The predicted molar refractivity (Wildman–Crippen MR) is 115 cm³/mol. The van der Waals surface area contributed by atoms with E-state index in [2.05, 4.69) is 4.99 Å². The summed E-state index contributed by atoms with van der Waals surface area (Å²) in [6, 6.07) is 8.44. The number of carbonyl (C=O) groups excluding carboxylic acids is 1. The largest absolute Gasteiger partial charge is 0.497 e. The third kappa shape index (κ3) is 4.90. The molecule has 0 aromatic heterocycles. The molecule has 2 aliphatic heterocycles. The zero-order chi connectivity index (χ0) is 23.6. The Morgan fingerprint density at radius 2 is 1.85 bits per heavy atom. The van der Waals surface area contributed by atoms with E-state index in [0.29, 0.717) is 55.5 Å². The standard InChI is InChI=1S/C23H24F3N3O4/c1-31-14-21(30)28-8-3-9-29(11-10-28)22-17-13-16(32-2)5-7-19(17)33-20-6-4-15(23(24,25)26)12-18(20)27-22/h4-7,12-13H,3,8-11,14H2,1-2H3. The highest BCUT2D eigenvalue weighted by Gasteiger charge is 2.33. The molecule has 176 valence electrons. The number of amidine groups is 1. The molecule has 0 N–H and O–H groups in total. The zero-order valence-corrected chi connectivity index (χ0v) is 18.3. The maximum absolute atomic E-state index is 13.3. The van der Waals surface area contributed by atoms with Crippen molar-refractivity contribution in [1.29, 1.82) is 0 Å². The number of carbonyl (C=O) groups is 1. The van der Waals surface area contributed by atoms with Gasteiger partial charge in [-0.1, -0.05) is 0 Å². The fourth-order valence-electron chi connectivity index (χ4n) is 3.89. The summed E-state index contributed by atoms with van der Waals surface area (Å²) in [5.41, 5.74) is -0.106. The summed E-state index contributed by atoms with van der Waals surface area (Å²) in [6.45, 7) is 2.03. The Hall–Kier alpha value is -3.27. The lowest BCUT2D eigenvalue weighted by molar-refractivity contribution is -0.137. The Bertz CT molecular complexity index is 1070. The molecule has 4 rings (SSSR count). The second kappa shape index (κ2) is 9.30. The molecule has 0 atom stereocenters. The van der Waals surface area contributed by atoms with Gasteiger partial charge >= 0.3 is 6.18 Å². The molecule has 2 aromatic carbocycles. The third-order valence-electron chi connectivity index (χ3n) is 5.58. The second-order valence-corrected chi connectivity index (χ2v) is 7.73. The van der Waals surface area contributed by atoms with Crippen LogP contribution in [0.5, 0.6) is 17.2 Å². The van der Waals surface area contributed by atoms with E-state index in [-0.39, 0.29) is 24.0 Å². The number of hydrogen-bond acceptors (Lipinski definition) is 6. The summed E-state index contributed by atoms with van der Waals surface area (Å²) < 4.78 is 56.3. The Balaban J connectivity index is 1.75. The van der Waals surface area contributed by atoms with Gasteiger partial charge in [-0.25, -0.2) is 4.99 Å². The van der Waals surface area contributed by atoms with Crippen LogP contribution in [0.2, 0.25) is 0 Å².